The van der Waals surface area contributed by atoms with Crippen molar-refractivity contribution >= 4 is 22.9 Å². The molecule has 2 heterocycles. The number of aromatic nitrogens is 3. The van der Waals surface area contributed by atoms with E-state index in [0.717, 1.165) is 5.56 Å². The number of carbonyl (C=O) groups is 2. The molecular formula is C23H28N5O4. The van der Waals surface area contributed by atoms with E-state index in [2.05, 4.69) is 10.1 Å². The highest BCUT2D eigenvalue weighted by Gasteiger charge is 2.51. The average molecular weight is 439 g/mol. The van der Waals surface area contributed by atoms with Crippen molar-refractivity contribution in [2.24, 2.45) is 11.1 Å². The number of benzene rings is 1. The van der Waals surface area contributed by atoms with E-state index in [-0.39, 0.29) is 41.9 Å². The Labute approximate surface area is 185 Å². The zero-order valence-electron chi connectivity index (χ0n) is 18.6. The van der Waals surface area contributed by atoms with E-state index in [4.69, 9.17) is 16.0 Å². The van der Waals surface area contributed by atoms with Crippen molar-refractivity contribution in [2.45, 2.75) is 58.9 Å². The predicted octanol–water partition coefficient (Wildman–Crippen LogP) is 2.71. The summed E-state index contributed by atoms with van der Waals surface area (Å²) in [6, 6.07) is 9.33. The van der Waals surface area contributed by atoms with E-state index in [1.165, 1.54) is 4.57 Å². The van der Waals surface area contributed by atoms with Gasteiger partial charge in [0.25, 0.3) is 17.2 Å². The highest BCUT2D eigenvalue weighted by molar-refractivity contribution is 6.04. The van der Waals surface area contributed by atoms with Crippen molar-refractivity contribution in [3.63, 3.8) is 0 Å². The molecule has 0 bridgehead atoms. The first kappa shape index (κ1) is 23.2. The highest BCUT2D eigenvalue weighted by Crippen LogP contribution is 2.42. The average Bonchev–Trinajstić information content (AvgIpc) is 3.14. The topological polar surface area (TPSA) is 145 Å². The second kappa shape index (κ2) is 9.33. The number of rotatable bonds is 10. The molecular weight excluding hydrogens is 410 g/mol. The van der Waals surface area contributed by atoms with Crippen LogP contribution >= 0.6 is 0 Å². The van der Waals surface area contributed by atoms with Crippen LogP contribution in [0.5, 0.6) is 0 Å². The third-order valence-corrected chi connectivity index (χ3v) is 6.06. The van der Waals surface area contributed by atoms with E-state index in [0.29, 0.717) is 18.5 Å². The lowest BCUT2D eigenvalue weighted by atomic mass is 9.68. The zero-order chi connectivity index (χ0) is 23.5. The molecule has 0 spiro atoms. The predicted molar refractivity (Wildman–Crippen MR) is 119 cm³/mol. The first-order chi connectivity index (χ1) is 15.3. The lowest BCUT2D eigenvalue weighted by Gasteiger charge is -2.35. The van der Waals surface area contributed by atoms with E-state index < -0.39 is 23.1 Å². The Balaban J connectivity index is 2.32. The van der Waals surface area contributed by atoms with E-state index >= 15 is 0 Å². The summed E-state index contributed by atoms with van der Waals surface area (Å²) in [6.45, 7) is 5.54. The molecule has 3 rings (SSSR count). The summed E-state index contributed by atoms with van der Waals surface area (Å²) in [5.74, 6) is -2.63. The van der Waals surface area contributed by atoms with Crippen molar-refractivity contribution in [1.29, 1.82) is 0 Å². The summed E-state index contributed by atoms with van der Waals surface area (Å²) >= 11 is 0. The van der Waals surface area contributed by atoms with Crippen molar-refractivity contribution < 1.29 is 14.1 Å². The van der Waals surface area contributed by atoms with Gasteiger partial charge in [0.15, 0.2) is 0 Å². The maximum absolute atomic E-state index is 13.5. The number of primary amides is 1. The lowest BCUT2D eigenvalue weighted by Crippen LogP contribution is -2.50. The summed E-state index contributed by atoms with van der Waals surface area (Å²) in [5.41, 5.74) is 12.9. The molecule has 3 aromatic rings. The van der Waals surface area contributed by atoms with Crippen LogP contribution in [0.4, 0.5) is 0 Å². The second-order valence-corrected chi connectivity index (χ2v) is 8.02. The molecule has 0 aliphatic rings. The summed E-state index contributed by atoms with van der Waals surface area (Å²) in [7, 11) is 0. The molecule has 3 N–H and O–H groups in total. The molecule has 1 radical (unpaired) electrons. The van der Waals surface area contributed by atoms with Crippen molar-refractivity contribution in [2.75, 3.05) is 0 Å². The largest absolute Gasteiger partial charge is 0.369 e. The van der Waals surface area contributed by atoms with Gasteiger partial charge in [-0.2, -0.15) is 4.98 Å². The zero-order valence-corrected chi connectivity index (χ0v) is 18.6. The van der Waals surface area contributed by atoms with Gasteiger partial charge in [-0.15, -0.1) is 0 Å². The Bertz CT molecular complexity index is 1170. The normalized spacial score (nSPS) is 12.7. The fourth-order valence-electron chi connectivity index (χ4n) is 4.33. The Hall–Kier alpha value is -3.49. The van der Waals surface area contributed by atoms with Gasteiger partial charge in [0.1, 0.15) is 16.6 Å². The van der Waals surface area contributed by atoms with Gasteiger partial charge >= 0.3 is 0 Å². The first-order valence-corrected chi connectivity index (χ1v) is 10.7. The van der Waals surface area contributed by atoms with E-state index in [1.807, 2.05) is 37.3 Å². The quantitative estimate of drug-likeness (QED) is 0.482. The standard InChI is InChI=1S/C23H28N5O4/c1-4-6-12-23(21(24)30,22(25)31)16(5-2)18-26-19-17(14(3)27-32-19)20(29)28(18)13-15-10-8-7-9-11-15/h7-11,16,24H,4-6,12-13H2,1-3H3,(H2,25,31). The molecule has 169 valence electrons. The number of amides is 2. The fraction of sp³-hybridized carbons (Fsp3) is 0.435. The van der Waals surface area contributed by atoms with Crippen LogP contribution in [0.1, 0.15) is 62.5 Å². The highest BCUT2D eigenvalue weighted by atomic mass is 16.5. The van der Waals surface area contributed by atoms with Gasteiger partial charge in [-0.05, 0) is 25.3 Å². The number of nitrogens with two attached hydrogens (primary N) is 1. The van der Waals surface area contributed by atoms with Crippen LogP contribution in [0, 0.1) is 12.3 Å². The maximum Gasteiger partial charge on any atom is 0.267 e. The van der Waals surface area contributed by atoms with Crippen molar-refractivity contribution in [1.82, 2.24) is 20.4 Å². The van der Waals surface area contributed by atoms with Crippen LogP contribution in [0.2, 0.25) is 0 Å². The molecule has 2 unspecified atom stereocenters. The molecule has 1 aromatic carbocycles. The van der Waals surface area contributed by atoms with Gasteiger partial charge < -0.3 is 10.3 Å². The third-order valence-electron chi connectivity index (χ3n) is 6.06. The van der Waals surface area contributed by atoms with Crippen LogP contribution in [-0.4, -0.2) is 26.5 Å². The van der Waals surface area contributed by atoms with Crippen LogP contribution in [-0.2, 0) is 16.1 Å². The molecule has 2 aromatic heterocycles. The number of hydrogen-bond donors (Lipinski definition) is 1. The summed E-state index contributed by atoms with van der Waals surface area (Å²) in [5, 5.41) is 4.11. The number of hydrogen-bond acceptors (Lipinski definition) is 6. The Morgan fingerprint density at radius 3 is 2.50 bits per heavy atom. The molecule has 2 amide bonds. The monoisotopic (exact) mass is 438 g/mol. The number of nitrogens with one attached hydrogen (secondary N) is 1. The number of aryl methyl sites for hydroxylation is 1. The number of nitrogens with zero attached hydrogens (tertiary/aromatic N) is 3. The fourth-order valence-corrected chi connectivity index (χ4v) is 4.33. The Morgan fingerprint density at radius 1 is 1.25 bits per heavy atom. The Kier molecular flexibility index (Phi) is 6.76. The Morgan fingerprint density at radius 2 is 1.94 bits per heavy atom. The molecule has 0 saturated carbocycles. The lowest BCUT2D eigenvalue weighted by molar-refractivity contribution is -0.143. The van der Waals surface area contributed by atoms with Crippen molar-refractivity contribution in [3.8, 4) is 0 Å². The molecule has 0 fully saturated rings. The van der Waals surface area contributed by atoms with E-state index in [1.54, 1.807) is 13.8 Å². The summed E-state index contributed by atoms with van der Waals surface area (Å²) in [4.78, 5) is 43.4. The third kappa shape index (κ3) is 3.90. The number of carbonyl (C=O) groups excluding carboxylic acids is 2. The molecule has 32 heavy (non-hydrogen) atoms. The van der Waals surface area contributed by atoms with Gasteiger partial charge in [0.2, 0.25) is 5.91 Å². The molecule has 9 heteroatoms. The second-order valence-electron chi connectivity index (χ2n) is 8.02. The minimum absolute atomic E-state index is 0.0385. The van der Waals surface area contributed by atoms with Gasteiger partial charge in [0.05, 0.1) is 12.2 Å². The molecule has 9 nitrogen and oxygen atoms in total. The van der Waals surface area contributed by atoms with Gasteiger partial charge in [-0.3, -0.25) is 24.7 Å². The minimum atomic E-state index is -1.80. The van der Waals surface area contributed by atoms with Gasteiger partial charge in [-0.1, -0.05) is 62.2 Å². The van der Waals surface area contributed by atoms with Crippen LogP contribution in [0.25, 0.3) is 11.1 Å². The first-order valence-electron chi connectivity index (χ1n) is 10.7. The van der Waals surface area contributed by atoms with Gasteiger partial charge in [-0.25, -0.2) is 0 Å². The smallest absolute Gasteiger partial charge is 0.267 e. The molecule has 0 saturated heterocycles. The molecule has 2 atom stereocenters. The summed E-state index contributed by atoms with van der Waals surface area (Å²) < 4.78 is 6.71. The summed E-state index contributed by atoms with van der Waals surface area (Å²) in [6.07, 6.45) is 1.62. The van der Waals surface area contributed by atoms with E-state index in [9.17, 15) is 14.4 Å². The van der Waals surface area contributed by atoms with Crippen LogP contribution in [0.15, 0.2) is 39.6 Å². The molecule has 0 aliphatic heterocycles. The minimum Gasteiger partial charge on any atom is -0.369 e. The molecule has 0 aliphatic carbocycles. The number of unbranched alkanes of at least 4 members (excludes halogenated alkanes) is 1. The maximum atomic E-state index is 13.5. The van der Waals surface area contributed by atoms with Crippen LogP contribution < -0.4 is 17.0 Å². The van der Waals surface area contributed by atoms with Gasteiger partial charge in [0, 0.05) is 5.92 Å². The number of fused-ring (bicyclic) bond motifs is 1. The van der Waals surface area contributed by atoms with Crippen LogP contribution in [0.3, 0.4) is 0 Å². The SMILES string of the molecule is CCCCC(C([NH])=O)(C(N)=O)C(CC)c1nc2onc(C)c2c(=O)n1Cc1ccccc1. The van der Waals surface area contributed by atoms with Crippen molar-refractivity contribution in [3.05, 3.63) is 57.8 Å².